The first-order valence-electron chi connectivity index (χ1n) is 10.4. The van der Waals surface area contributed by atoms with Crippen molar-refractivity contribution in [2.75, 3.05) is 13.6 Å². The van der Waals surface area contributed by atoms with Crippen molar-refractivity contribution in [3.63, 3.8) is 0 Å². The minimum atomic E-state index is 0.137. The molecule has 4 rings (SSSR count). The van der Waals surface area contributed by atoms with E-state index < -0.39 is 0 Å². The van der Waals surface area contributed by atoms with Crippen molar-refractivity contribution in [1.82, 2.24) is 9.80 Å². The van der Waals surface area contributed by atoms with Gasteiger partial charge in [0.2, 0.25) is 0 Å². The number of fused-ring (bicyclic) bond motifs is 2. The van der Waals surface area contributed by atoms with E-state index in [2.05, 4.69) is 67.1 Å². The molecule has 2 aromatic carbocycles. The number of aryl methyl sites for hydroxylation is 2. The van der Waals surface area contributed by atoms with E-state index in [1.54, 1.807) is 0 Å². The standard InChI is InChI=1S/C25H30N2O/c1-18-13-19(2)15-21(14-18)25(28)27(12-11-20-7-5-4-6-8-20)24-16-22-9-10-23(17-24)26(22)3/h4-8,13-16,22-23H,9-12,17H2,1-3H3/t22-,23+/m0/s1. The van der Waals surface area contributed by atoms with Gasteiger partial charge in [0.25, 0.3) is 5.91 Å². The Morgan fingerprint density at radius 1 is 1.07 bits per heavy atom. The summed E-state index contributed by atoms with van der Waals surface area (Å²) in [5.41, 5.74) is 5.58. The molecule has 2 aliphatic rings. The van der Waals surface area contributed by atoms with Gasteiger partial charge in [-0.3, -0.25) is 9.69 Å². The molecule has 0 radical (unpaired) electrons. The quantitative estimate of drug-likeness (QED) is 0.755. The molecular weight excluding hydrogens is 344 g/mol. The summed E-state index contributed by atoms with van der Waals surface area (Å²) >= 11 is 0. The van der Waals surface area contributed by atoms with E-state index in [9.17, 15) is 4.79 Å². The van der Waals surface area contributed by atoms with Crippen molar-refractivity contribution in [2.45, 2.75) is 51.6 Å². The highest BCUT2D eigenvalue weighted by molar-refractivity contribution is 5.95. The zero-order chi connectivity index (χ0) is 19.7. The van der Waals surface area contributed by atoms with Gasteiger partial charge in [-0.05, 0) is 63.9 Å². The SMILES string of the molecule is Cc1cc(C)cc(C(=O)N(CCc2ccccc2)C2=C[C@@H]3CC[C@H](C2)N3C)c1. The molecule has 0 aliphatic carbocycles. The van der Waals surface area contributed by atoms with E-state index in [4.69, 9.17) is 0 Å². The molecule has 0 unspecified atom stereocenters. The van der Waals surface area contributed by atoms with Crippen LogP contribution < -0.4 is 0 Å². The molecule has 2 aliphatic heterocycles. The molecule has 1 fully saturated rings. The summed E-state index contributed by atoms with van der Waals surface area (Å²) in [6, 6.07) is 17.7. The average Bonchev–Trinajstić information content (AvgIpc) is 2.89. The van der Waals surface area contributed by atoms with E-state index in [-0.39, 0.29) is 5.91 Å². The zero-order valence-corrected chi connectivity index (χ0v) is 17.2. The number of amides is 1. The number of carbonyl (C=O) groups is 1. The maximum atomic E-state index is 13.6. The monoisotopic (exact) mass is 374 g/mol. The summed E-state index contributed by atoms with van der Waals surface area (Å²) in [5, 5.41) is 0. The Morgan fingerprint density at radius 2 is 1.79 bits per heavy atom. The molecule has 1 amide bonds. The van der Waals surface area contributed by atoms with Crippen LogP contribution in [0.25, 0.3) is 0 Å². The molecule has 2 bridgehead atoms. The Bertz CT molecular complexity index is 866. The number of hydrogen-bond donors (Lipinski definition) is 0. The Kier molecular flexibility index (Phi) is 5.36. The Morgan fingerprint density at radius 3 is 2.46 bits per heavy atom. The highest BCUT2D eigenvalue weighted by Gasteiger charge is 2.36. The third-order valence-electron chi connectivity index (χ3n) is 6.25. The zero-order valence-electron chi connectivity index (χ0n) is 17.2. The maximum Gasteiger partial charge on any atom is 0.258 e. The molecule has 3 heteroatoms. The topological polar surface area (TPSA) is 23.6 Å². The van der Waals surface area contributed by atoms with Gasteiger partial charge in [0, 0.05) is 36.3 Å². The molecule has 0 aromatic heterocycles. The Labute approximate surface area is 168 Å². The van der Waals surface area contributed by atoms with E-state index >= 15 is 0 Å². The predicted octanol–water partition coefficient (Wildman–Crippen LogP) is 4.74. The molecule has 3 nitrogen and oxygen atoms in total. The van der Waals surface area contributed by atoms with Crippen molar-refractivity contribution >= 4 is 5.91 Å². The van der Waals surface area contributed by atoms with Crippen LogP contribution in [0, 0.1) is 13.8 Å². The van der Waals surface area contributed by atoms with E-state index in [1.165, 1.54) is 24.1 Å². The second-order valence-corrected chi connectivity index (χ2v) is 8.39. The predicted molar refractivity (Wildman–Crippen MR) is 114 cm³/mol. The molecule has 2 heterocycles. The van der Waals surface area contributed by atoms with Crippen molar-refractivity contribution in [2.24, 2.45) is 0 Å². The van der Waals surface area contributed by atoms with E-state index in [0.29, 0.717) is 12.1 Å². The van der Waals surface area contributed by atoms with Gasteiger partial charge in [0.05, 0.1) is 0 Å². The van der Waals surface area contributed by atoms with Crippen LogP contribution in [0.3, 0.4) is 0 Å². The minimum absolute atomic E-state index is 0.137. The van der Waals surface area contributed by atoms with Gasteiger partial charge in [-0.15, -0.1) is 0 Å². The normalized spacial score (nSPS) is 21.5. The van der Waals surface area contributed by atoms with Crippen LogP contribution in [0.5, 0.6) is 0 Å². The first-order valence-corrected chi connectivity index (χ1v) is 10.4. The lowest BCUT2D eigenvalue weighted by atomic mass is 10.0. The molecule has 2 atom stereocenters. The van der Waals surface area contributed by atoms with Crippen LogP contribution in [0.15, 0.2) is 60.3 Å². The Hall–Kier alpha value is -2.39. The van der Waals surface area contributed by atoms with Crippen LogP contribution >= 0.6 is 0 Å². The molecule has 1 saturated heterocycles. The van der Waals surface area contributed by atoms with Crippen LogP contribution in [-0.4, -0.2) is 41.4 Å². The fourth-order valence-corrected chi connectivity index (χ4v) is 4.74. The summed E-state index contributed by atoms with van der Waals surface area (Å²) in [6.07, 6.45) is 6.62. The smallest absolute Gasteiger partial charge is 0.258 e. The summed E-state index contributed by atoms with van der Waals surface area (Å²) < 4.78 is 0. The summed E-state index contributed by atoms with van der Waals surface area (Å²) in [4.78, 5) is 18.1. The van der Waals surface area contributed by atoms with Crippen LogP contribution in [0.1, 0.15) is 46.3 Å². The third-order valence-corrected chi connectivity index (χ3v) is 6.25. The number of likely N-dealkylation sites (N-methyl/N-ethyl adjacent to an activating group) is 1. The van der Waals surface area contributed by atoms with Crippen LogP contribution in [-0.2, 0) is 6.42 Å². The largest absolute Gasteiger partial charge is 0.312 e. The van der Waals surface area contributed by atoms with Gasteiger partial charge >= 0.3 is 0 Å². The van der Waals surface area contributed by atoms with Crippen LogP contribution in [0.2, 0.25) is 0 Å². The number of rotatable bonds is 5. The molecule has 0 saturated carbocycles. The molecule has 0 N–H and O–H groups in total. The third kappa shape index (κ3) is 3.90. The molecular formula is C25H30N2O. The van der Waals surface area contributed by atoms with Gasteiger partial charge in [-0.2, -0.15) is 0 Å². The molecule has 146 valence electrons. The molecule has 2 aromatic rings. The molecule has 0 spiro atoms. The van der Waals surface area contributed by atoms with Crippen molar-refractivity contribution in [1.29, 1.82) is 0 Å². The fraction of sp³-hybridized carbons (Fsp3) is 0.400. The fourth-order valence-electron chi connectivity index (χ4n) is 4.74. The van der Waals surface area contributed by atoms with Gasteiger partial charge in [-0.25, -0.2) is 0 Å². The Balaban J connectivity index is 1.63. The van der Waals surface area contributed by atoms with E-state index in [1.807, 2.05) is 18.2 Å². The van der Waals surface area contributed by atoms with Crippen molar-refractivity contribution < 1.29 is 4.79 Å². The lowest BCUT2D eigenvalue weighted by Gasteiger charge is -2.35. The van der Waals surface area contributed by atoms with Gasteiger partial charge in [0.15, 0.2) is 0 Å². The highest BCUT2D eigenvalue weighted by atomic mass is 16.2. The van der Waals surface area contributed by atoms with E-state index in [0.717, 1.165) is 36.1 Å². The second-order valence-electron chi connectivity index (χ2n) is 8.39. The van der Waals surface area contributed by atoms with Crippen LogP contribution in [0.4, 0.5) is 0 Å². The van der Waals surface area contributed by atoms with Crippen molar-refractivity contribution in [3.05, 3.63) is 82.6 Å². The number of benzene rings is 2. The summed E-state index contributed by atoms with van der Waals surface area (Å²) in [6.45, 7) is 4.85. The lowest BCUT2D eigenvalue weighted by molar-refractivity contribution is 0.0787. The summed E-state index contributed by atoms with van der Waals surface area (Å²) in [7, 11) is 2.22. The maximum absolute atomic E-state index is 13.6. The van der Waals surface area contributed by atoms with Gasteiger partial charge < -0.3 is 4.90 Å². The first-order chi connectivity index (χ1) is 13.5. The summed E-state index contributed by atoms with van der Waals surface area (Å²) in [5.74, 6) is 0.137. The lowest BCUT2D eigenvalue weighted by Crippen LogP contribution is -2.41. The highest BCUT2D eigenvalue weighted by Crippen LogP contribution is 2.35. The number of carbonyl (C=O) groups excluding carboxylic acids is 1. The van der Waals surface area contributed by atoms with Gasteiger partial charge in [0.1, 0.15) is 0 Å². The second kappa shape index (κ2) is 7.92. The average molecular weight is 375 g/mol. The van der Waals surface area contributed by atoms with Gasteiger partial charge in [-0.1, -0.05) is 47.5 Å². The minimum Gasteiger partial charge on any atom is -0.312 e. The molecule has 28 heavy (non-hydrogen) atoms. The van der Waals surface area contributed by atoms with Crippen molar-refractivity contribution in [3.8, 4) is 0 Å². The number of hydrogen-bond acceptors (Lipinski definition) is 2. The number of nitrogens with zero attached hydrogens (tertiary/aromatic N) is 2. The first kappa shape index (κ1) is 18.9.